The van der Waals surface area contributed by atoms with Gasteiger partial charge in [0.15, 0.2) is 11.7 Å². The lowest BCUT2D eigenvalue weighted by Gasteiger charge is -2.03. The number of methoxy groups -OCH3 is 1. The van der Waals surface area contributed by atoms with Crippen molar-refractivity contribution in [2.24, 2.45) is 5.14 Å². The largest absolute Gasteiger partial charge is 0.469 e. The third kappa shape index (κ3) is 5.31. The van der Waals surface area contributed by atoms with Crippen molar-refractivity contribution in [3.63, 3.8) is 0 Å². The molecule has 0 amide bonds. The number of unbranched alkanes of at least 4 members (excludes halogenated alkanes) is 1. The molecule has 2 N–H and O–H groups in total. The van der Waals surface area contributed by atoms with Crippen LogP contribution in [0.4, 0.5) is 4.39 Å². The highest BCUT2D eigenvalue weighted by molar-refractivity contribution is 7.89. The van der Waals surface area contributed by atoms with Crippen molar-refractivity contribution in [3.05, 3.63) is 60.2 Å². The number of hydrogen-bond donors (Lipinski definition) is 1. The Labute approximate surface area is 173 Å². The van der Waals surface area contributed by atoms with Gasteiger partial charge < -0.3 is 9.15 Å². The molecule has 0 bridgehead atoms. The van der Waals surface area contributed by atoms with Crippen molar-refractivity contribution in [3.8, 4) is 22.6 Å². The van der Waals surface area contributed by atoms with Crippen LogP contribution < -0.4 is 5.14 Å². The van der Waals surface area contributed by atoms with E-state index in [2.05, 4.69) is 9.72 Å². The number of esters is 1. The van der Waals surface area contributed by atoms with Crippen LogP contribution in [-0.4, -0.2) is 26.5 Å². The predicted molar refractivity (Wildman–Crippen MR) is 108 cm³/mol. The van der Waals surface area contributed by atoms with Crippen LogP contribution in [0.2, 0.25) is 0 Å². The normalized spacial score (nSPS) is 11.4. The van der Waals surface area contributed by atoms with Crippen LogP contribution in [0.15, 0.2) is 57.8 Å². The Bertz CT molecular complexity index is 1120. The van der Waals surface area contributed by atoms with Crippen LogP contribution in [0, 0.1) is 5.82 Å². The van der Waals surface area contributed by atoms with Crippen LogP contribution in [0.25, 0.3) is 22.6 Å². The maximum absolute atomic E-state index is 13.3. The van der Waals surface area contributed by atoms with Gasteiger partial charge in [0.05, 0.1) is 12.0 Å². The Morgan fingerprint density at radius 3 is 2.30 bits per heavy atom. The second-order valence-corrected chi connectivity index (χ2v) is 8.21. The fraction of sp³-hybridized carbons (Fsp3) is 0.238. The van der Waals surface area contributed by atoms with E-state index in [1.165, 1.54) is 31.4 Å². The van der Waals surface area contributed by atoms with Gasteiger partial charge in [0.1, 0.15) is 11.5 Å². The first kappa shape index (κ1) is 21.7. The molecule has 0 saturated heterocycles. The summed E-state index contributed by atoms with van der Waals surface area (Å²) in [5.41, 5.74) is 1.78. The lowest BCUT2D eigenvalue weighted by atomic mass is 10.1. The highest BCUT2D eigenvalue weighted by Crippen LogP contribution is 2.33. The SMILES string of the molecule is COC(=O)CCCCc1nc(-c2ccc(F)cc2)c(-c2ccc(S(N)(=O)=O)cc2)o1. The number of aryl methyl sites for hydroxylation is 1. The molecule has 7 nitrogen and oxygen atoms in total. The maximum Gasteiger partial charge on any atom is 0.305 e. The zero-order valence-electron chi connectivity index (χ0n) is 16.3. The highest BCUT2D eigenvalue weighted by atomic mass is 32.2. The zero-order valence-corrected chi connectivity index (χ0v) is 17.1. The van der Waals surface area contributed by atoms with Gasteiger partial charge in [-0.25, -0.2) is 22.9 Å². The smallest absolute Gasteiger partial charge is 0.305 e. The Balaban J connectivity index is 1.90. The number of aromatic nitrogens is 1. The molecule has 0 aliphatic heterocycles. The number of rotatable bonds is 8. The van der Waals surface area contributed by atoms with Crippen molar-refractivity contribution in [1.82, 2.24) is 4.98 Å². The quantitative estimate of drug-likeness (QED) is 0.429. The van der Waals surface area contributed by atoms with E-state index in [-0.39, 0.29) is 16.7 Å². The predicted octanol–water partition coefficient (Wildman–Crippen LogP) is 3.68. The van der Waals surface area contributed by atoms with E-state index in [0.717, 1.165) is 0 Å². The van der Waals surface area contributed by atoms with Gasteiger partial charge in [-0.3, -0.25) is 4.79 Å². The summed E-state index contributed by atoms with van der Waals surface area (Å²) in [6.07, 6.45) is 2.10. The third-order valence-corrected chi connectivity index (χ3v) is 5.41. The molecular formula is C21H21FN2O5S. The van der Waals surface area contributed by atoms with Crippen LogP contribution in [0.3, 0.4) is 0 Å². The molecule has 1 heterocycles. The lowest BCUT2D eigenvalue weighted by Crippen LogP contribution is -2.11. The summed E-state index contributed by atoms with van der Waals surface area (Å²) in [5.74, 6) is 0.254. The second-order valence-electron chi connectivity index (χ2n) is 6.64. The summed E-state index contributed by atoms with van der Waals surface area (Å²) >= 11 is 0. The van der Waals surface area contributed by atoms with Crippen LogP contribution >= 0.6 is 0 Å². The zero-order chi connectivity index (χ0) is 21.7. The minimum absolute atomic E-state index is 0.0165. The minimum Gasteiger partial charge on any atom is -0.469 e. The standard InChI is InChI=1S/C21H21FN2O5S/c1-28-19(25)5-3-2-4-18-24-20(14-6-10-16(22)11-7-14)21(29-18)15-8-12-17(13-9-15)30(23,26)27/h6-13H,2-5H2,1H3,(H2,23,26,27). The van der Waals surface area contributed by atoms with Gasteiger partial charge in [-0.05, 0) is 61.4 Å². The molecule has 0 saturated carbocycles. The molecule has 158 valence electrons. The van der Waals surface area contributed by atoms with Crippen LogP contribution in [0.1, 0.15) is 25.2 Å². The molecule has 0 atom stereocenters. The average molecular weight is 432 g/mol. The summed E-state index contributed by atoms with van der Waals surface area (Å²) in [5, 5.41) is 5.15. The van der Waals surface area contributed by atoms with Crippen molar-refractivity contribution in [2.75, 3.05) is 7.11 Å². The van der Waals surface area contributed by atoms with E-state index in [4.69, 9.17) is 9.56 Å². The fourth-order valence-corrected chi connectivity index (χ4v) is 3.43. The summed E-state index contributed by atoms with van der Waals surface area (Å²) in [7, 11) is -2.47. The second kappa shape index (κ2) is 9.19. The first-order chi connectivity index (χ1) is 14.3. The van der Waals surface area contributed by atoms with Crippen molar-refractivity contribution >= 4 is 16.0 Å². The summed E-state index contributed by atoms with van der Waals surface area (Å²) in [4.78, 5) is 15.8. The van der Waals surface area contributed by atoms with Crippen molar-refractivity contribution in [1.29, 1.82) is 0 Å². The number of hydrogen-bond acceptors (Lipinski definition) is 6. The van der Waals surface area contributed by atoms with Gasteiger partial charge in [-0.2, -0.15) is 0 Å². The van der Waals surface area contributed by atoms with E-state index in [1.807, 2.05) is 0 Å². The molecule has 3 aromatic rings. The maximum atomic E-state index is 13.3. The van der Waals surface area contributed by atoms with E-state index in [0.29, 0.717) is 54.2 Å². The Morgan fingerprint density at radius 1 is 1.07 bits per heavy atom. The molecule has 0 unspecified atom stereocenters. The molecular weight excluding hydrogens is 411 g/mol. The molecule has 0 aliphatic rings. The first-order valence-electron chi connectivity index (χ1n) is 9.23. The molecule has 2 aromatic carbocycles. The van der Waals surface area contributed by atoms with E-state index >= 15 is 0 Å². The highest BCUT2D eigenvalue weighted by Gasteiger charge is 2.18. The van der Waals surface area contributed by atoms with E-state index < -0.39 is 10.0 Å². The Hall–Kier alpha value is -3.04. The molecule has 9 heteroatoms. The lowest BCUT2D eigenvalue weighted by molar-refractivity contribution is -0.140. The number of carbonyl (C=O) groups excluding carboxylic acids is 1. The van der Waals surface area contributed by atoms with E-state index in [9.17, 15) is 17.6 Å². The number of primary sulfonamides is 1. The van der Waals surface area contributed by atoms with Crippen LogP contribution in [-0.2, 0) is 26.0 Å². The molecule has 30 heavy (non-hydrogen) atoms. The number of sulfonamides is 1. The topological polar surface area (TPSA) is 112 Å². The van der Waals surface area contributed by atoms with Gasteiger partial charge in [0, 0.05) is 24.0 Å². The first-order valence-corrected chi connectivity index (χ1v) is 10.8. The summed E-state index contributed by atoms with van der Waals surface area (Å²) in [6, 6.07) is 11.8. The number of nitrogens with two attached hydrogens (primary N) is 1. The Kier molecular flexibility index (Phi) is 6.63. The van der Waals surface area contributed by atoms with Gasteiger partial charge in [-0.15, -0.1) is 0 Å². The van der Waals surface area contributed by atoms with Crippen molar-refractivity contribution in [2.45, 2.75) is 30.6 Å². The number of nitrogens with zero attached hydrogens (tertiary/aromatic N) is 1. The van der Waals surface area contributed by atoms with E-state index in [1.54, 1.807) is 24.3 Å². The average Bonchev–Trinajstić information content (AvgIpc) is 3.15. The number of halogens is 1. The minimum atomic E-state index is -3.81. The Morgan fingerprint density at radius 2 is 1.70 bits per heavy atom. The molecule has 0 spiro atoms. The molecule has 1 aromatic heterocycles. The molecule has 0 fully saturated rings. The third-order valence-electron chi connectivity index (χ3n) is 4.48. The molecule has 0 aliphatic carbocycles. The van der Waals surface area contributed by atoms with Gasteiger partial charge >= 0.3 is 5.97 Å². The van der Waals surface area contributed by atoms with Gasteiger partial charge in [0.2, 0.25) is 10.0 Å². The summed E-state index contributed by atoms with van der Waals surface area (Å²) < 4.78 is 46.9. The number of oxazole rings is 1. The summed E-state index contributed by atoms with van der Waals surface area (Å²) in [6.45, 7) is 0. The van der Waals surface area contributed by atoms with Crippen LogP contribution in [0.5, 0.6) is 0 Å². The molecule has 3 rings (SSSR count). The number of carbonyl (C=O) groups is 1. The van der Waals surface area contributed by atoms with Crippen molar-refractivity contribution < 1.29 is 26.8 Å². The number of ether oxygens (including phenoxy) is 1. The number of benzene rings is 2. The van der Waals surface area contributed by atoms with Gasteiger partial charge in [-0.1, -0.05) is 0 Å². The van der Waals surface area contributed by atoms with Gasteiger partial charge in [0.25, 0.3) is 0 Å². The fourth-order valence-electron chi connectivity index (χ4n) is 2.91. The molecule has 0 radical (unpaired) electrons. The monoisotopic (exact) mass is 432 g/mol.